The lowest BCUT2D eigenvalue weighted by molar-refractivity contribution is -0.132. The van der Waals surface area contributed by atoms with E-state index in [0.29, 0.717) is 5.56 Å². The number of benzene rings is 3. The molecule has 10 heteroatoms. The number of hydrogen-bond acceptors (Lipinski definition) is 7. The molecular formula is C26H23F3N2O5. The Hall–Kier alpha value is -4.34. The Bertz CT molecular complexity index is 1230. The van der Waals surface area contributed by atoms with Crippen molar-refractivity contribution in [1.29, 1.82) is 0 Å². The molecule has 0 heterocycles. The van der Waals surface area contributed by atoms with Gasteiger partial charge in [0.2, 0.25) is 0 Å². The molecule has 0 unspecified atom stereocenters. The van der Waals surface area contributed by atoms with E-state index in [1.54, 1.807) is 24.3 Å². The van der Waals surface area contributed by atoms with Gasteiger partial charge in [0.25, 0.3) is 0 Å². The van der Waals surface area contributed by atoms with E-state index >= 15 is 0 Å². The summed E-state index contributed by atoms with van der Waals surface area (Å²) >= 11 is 0. The molecule has 188 valence electrons. The molecule has 0 atom stereocenters. The zero-order valence-corrected chi connectivity index (χ0v) is 19.5. The molecule has 0 fully saturated rings. The van der Waals surface area contributed by atoms with Gasteiger partial charge in [-0.1, -0.05) is 77.0 Å². The van der Waals surface area contributed by atoms with Crippen LogP contribution in [0.1, 0.15) is 22.3 Å². The molecule has 3 rings (SSSR count). The average molecular weight is 500 g/mol. The van der Waals surface area contributed by atoms with Gasteiger partial charge in [-0.15, -0.1) is 0 Å². The van der Waals surface area contributed by atoms with E-state index in [9.17, 15) is 18.0 Å². The van der Waals surface area contributed by atoms with Crippen LogP contribution in [-0.2, 0) is 32.4 Å². The molecule has 7 nitrogen and oxygen atoms in total. The van der Waals surface area contributed by atoms with Crippen LogP contribution in [0.15, 0.2) is 89.2 Å². The molecule has 36 heavy (non-hydrogen) atoms. The molecule has 3 aromatic carbocycles. The normalized spacial score (nSPS) is 12.1. The minimum Gasteiger partial charge on any atom is -0.489 e. The number of carbonyl (C=O) groups excluding carboxylic acids is 1. The van der Waals surface area contributed by atoms with Crippen molar-refractivity contribution in [2.45, 2.75) is 19.4 Å². The van der Waals surface area contributed by atoms with Crippen molar-refractivity contribution >= 4 is 17.4 Å². The third-order valence-electron chi connectivity index (χ3n) is 4.83. The number of halogens is 3. The van der Waals surface area contributed by atoms with Crippen molar-refractivity contribution < 1.29 is 37.1 Å². The van der Waals surface area contributed by atoms with Gasteiger partial charge in [-0.2, -0.15) is 13.2 Å². The first-order valence-corrected chi connectivity index (χ1v) is 10.7. The topological polar surface area (TPSA) is 78.7 Å². The summed E-state index contributed by atoms with van der Waals surface area (Å²) in [6, 6.07) is 21.1. The molecule has 0 spiro atoms. The van der Waals surface area contributed by atoms with Crippen molar-refractivity contribution in [3.63, 3.8) is 0 Å². The lowest BCUT2D eigenvalue weighted by Crippen LogP contribution is -2.24. The maximum atomic E-state index is 13.8. The molecule has 0 amide bonds. The summed E-state index contributed by atoms with van der Waals surface area (Å²) in [5.41, 5.74) is -0.128. The van der Waals surface area contributed by atoms with E-state index in [2.05, 4.69) is 10.3 Å². The van der Waals surface area contributed by atoms with Crippen LogP contribution < -0.4 is 4.74 Å². The van der Waals surface area contributed by atoms with Crippen molar-refractivity contribution in [2.75, 3.05) is 14.2 Å². The van der Waals surface area contributed by atoms with Crippen molar-refractivity contribution in [3.8, 4) is 5.75 Å². The van der Waals surface area contributed by atoms with E-state index < -0.39 is 17.9 Å². The molecule has 0 N–H and O–H groups in total. The third-order valence-corrected chi connectivity index (χ3v) is 4.83. The highest BCUT2D eigenvalue weighted by Gasteiger charge is 2.38. The number of oxime groups is 2. The van der Waals surface area contributed by atoms with Gasteiger partial charge in [-0.25, -0.2) is 4.79 Å². The highest BCUT2D eigenvalue weighted by Crippen LogP contribution is 2.26. The molecule has 0 bridgehead atoms. The quantitative estimate of drug-likeness (QED) is 0.215. The molecule has 0 aliphatic rings. The minimum absolute atomic E-state index is 0.164. The number of hydrogen-bond donors (Lipinski definition) is 0. The Morgan fingerprint density at radius 1 is 0.861 bits per heavy atom. The van der Waals surface area contributed by atoms with Gasteiger partial charge in [-0.3, -0.25) is 0 Å². The number of methoxy groups -OCH3 is 1. The van der Waals surface area contributed by atoms with Gasteiger partial charge in [0.15, 0.2) is 11.4 Å². The Balaban J connectivity index is 1.82. The van der Waals surface area contributed by atoms with Crippen LogP contribution in [0.2, 0.25) is 0 Å². The van der Waals surface area contributed by atoms with Crippen molar-refractivity contribution in [3.05, 3.63) is 101 Å². The van der Waals surface area contributed by atoms with Gasteiger partial charge >= 0.3 is 12.1 Å². The second-order valence-electron chi connectivity index (χ2n) is 7.28. The second kappa shape index (κ2) is 12.4. The summed E-state index contributed by atoms with van der Waals surface area (Å²) < 4.78 is 51.8. The highest BCUT2D eigenvalue weighted by molar-refractivity contribution is 6.43. The van der Waals surface area contributed by atoms with Crippen LogP contribution in [0.5, 0.6) is 5.75 Å². The van der Waals surface area contributed by atoms with Crippen LogP contribution in [0.4, 0.5) is 13.2 Å². The Morgan fingerprint density at radius 2 is 1.58 bits per heavy atom. The molecule has 0 aromatic heterocycles. The first-order valence-electron chi connectivity index (χ1n) is 10.7. The SMILES string of the molecule is CON=C(C(=O)OC)c1ccccc1CON=C(c1cccc(OCc2ccccc2)c1)C(F)(F)F. The molecule has 0 aliphatic heterocycles. The van der Waals surface area contributed by atoms with Crippen molar-refractivity contribution in [2.24, 2.45) is 10.3 Å². The lowest BCUT2D eigenvalue weighted by Gasteiger charge is -2.13. The van der Waals surface area contributed by atoms with Gasteiger partial charge in [-0.05, 0) is 17.7 Å². The molecule has 0 radical (unpaired) electrons. The summed E-state index contributed by atoms with van der Waals surface area (Å²) in [6.07, 6.45) is -4.80. The Labute approximate surface area is 205 Å². The number of alkyl halides is 3. The van der Waals surface area contributed by atoms with Crippen LogP contribution in [-0.4, -0.2) is 37.8 Å². The molecular weight excluding hydrogens is 477 g/mol. The zero-order valence-electron chi connectivity index (χ0n) is 19.5. The molecule has 0 aliphatic carbocycles. The standard InChI is InChI=1S/C26H23F3N2O5/c1-33-25(32)23(30-34-2)22-14-7-6-11-20(22)17-36-31-24(26(27,28)29)19-12-8-13-21(15-19)35-16-18-9-4-3-5-10-18/h3-15H,16-17H2,1-2H3. The number of carbonyl (C=O) groups is 1. The summed E-state index contributed by atoms with van der Waals surface area (Å²) in [6.45, 7) is -0.179. The molecule has 0 saturated heterocycles. The number of rotatable bonds is 10. The van der Waals surface area contributed by atoms with E-state index in [-0.39, 0.29) is 35.8 Å². The largest absolute Gasteiger partial charge is 0.489 e. The summed E-state index contributed by atoms with van der Waals surface area (Å²) in [4.78, 5) is 21.9. The predicted molar refractivity (Wildman–Crippen MR) is 127 cm³/mol. The van der Waals surface area contributed by atoms with Gasteiger partial charge in [0.05, 0.1) is 7.11 Å². The summed E-state index contributed by atoms with van der Waals surface area (Å²) in [5.74, 6) is -0.534. The maximum absolute atomic E-state index is 13.8. The maximum Gasteiger partial charge on any atom is 0.437 e. The van der Waals surface area contributed by atoms with Gasteiger partial charge < -0.3 is 19.1 Å². The second-order valence-corrected chi connectivity index (χ2v) is 7.28. The fraction of sp³-hybridized carbons (Fsp3) is 0.192. The Morgan fingerprint density at radius 3 is 2.28 bits per heavy atom. The molecule has 3 aromatic rings. The van der Waals surface area contributed by atoms with E-state index in [1.165, 1.54) is 38.5 Å². The summed E-state index contributed by atoms with van der Waals surface area (Å²) in [5, 5.41) is 7.04. The number of nitrogens with zero attached hydrogens (tertiary/aromatic N) is 2. The third kappa shape index (κ3) is 7.08. The van der Waals surface area contributed by atoms with E-state index in [1.807, 2.05) is 30.3 Å². The lowest BCUT2D eigenvalue weighted by atomic mass is 10.0. The number of ether oxygens (including phenoxy) is 2. The van der Waals surface area contributed by atoms with Crippen LogP contribution in [0, 0.1) is 0 Å². The monoisotopic (exact) mass is 500 g/mol. The minimum atomic E-state index is -4.80. The van der Waals surface area contributed by atoms with Crippen LogP contribution >= 0.6 is 0 Å². The Kier molecular flexibility index (Phi) is 9.04. The fourth-order valence-electron chi connectivity index (χ4n) is 3.17. The average Bonchev–Trinajstić information content (AvgIpc) is 2.88. The molecule has 0 saturated carbocycles. The first-order chi connectivity index (χ1) is 17.3. The van der Waals surface area contributed by atoms with Crippen LogP contribution in [0.3, 0.4) is 0 Å². The predicted octanol–water partition coefficient (Wildman–Crippen LogP) is 5.27. The van der Waals surface area contributed by atoms with E-state index in [0.717, 1.165) is 5.56 Å². The zero-order chi connectivity index (χ0) is 26.0. The van der Waals surface area contributed by atoms with Crippen LogP contribution in [0.25, 0.3) is 0 Å². The van der Waals surface area contributed by atoms with Gasteiger partial charge in [0.1, 0.15) is 26.1 Å². The smallest absolute Gasteiger partial charge is 0.437 e. The van der Waals surface area contributed by atoms with E-state index in [4.69, 9.17) is 19.1 Å². The summed E-state index contributed by atoms with van der Waals surface area (Å²) in [7, 11) is 2.42. The first kappa shape index (κ1) is 26.3. The van der Waals surface area contributed by atoms with Crippen molar-refractivity contribution in [1.82, 2.24) is 0 Å². The fourth-order valence-corrected chi connectivity index (χ4v) is 3.17. The number of esters is 1. The highest BCUT2D eigenvalue weighted by atomic mass is 19.4. The van der Waals surface area contributed by atoms with Gasteiger partial charge in [0, 0.05) is 16.7 Å².